The number of thiophene rings is 1. The highest BCUT2D eigenvalue weighted by Crippen LogP contribution is 2.45. The van der Waals surface area contributed by atoms with Crippen molar-refractivity contribution < 1.29 is 0 Å². The van der Waals surface area contributed by atoms with Crippen LogP contribution in [0.1, 0.15) is 43.4 Å². The van der Waals surface area contributed by atoms with Crippen molar-refractivity contribution in [1.82, 2.24) is 10.2 Å². The zero-order valence-electron chi connectivity index (χ0n) is 12.2. The first-order chi connectivity index (χ1) is 9.76. The molecule has 4 heteroatoms. The minimum atomic E-state index is 0.757. The molecule has 2 fully saturated rings. The number of piperidine rings is 1. The maximum atomic E-state index is 3.57. The van der Waals surface area contributed by atoms with Gasteiger partial charge in [-0.3, -0.25) is 0 Å². The summed E-state index contributed by atoms with van der Waals surface area (Å²) >= 11 is 5.33. The lowest BCUT2D eigenvalue weighted by molar-refractivity contribution is 0.109. The molecule has 2 heterocycles. The molecule has 0 amide bonds. The SMILES string of the molecule is Brc1csc(CNCCN2CCC3(CCCC3)CC2)c1. The molecule has 2 aliphatic rings. The van der Waals surface area contributed by atoms with Gasteiger partial charge in [0.1, 0.15) is 0 Å². The molecule has 1 N–H and O–H groups in total. The first-order valence-corrected chi connectivity index (χ1v) is 9.59. The third-order valence-electron chi connectivity index (χ3n) is 5.11. The van der Waals surface area contributed by atoms with Crippen LogP contribution in [0.5, 0.6) is 0 Å². The van der Waals surface area contributed by atoms with Gasteiger partial charge in [-0.25, -0.2) is 0 Å². The summed E-state index contributed by atoms with van der Waals surface area (Å²) in [7, 11) is 0. The quantitative estimate of drug-likeness (QED) is 0.793. The van der Waals surface area contributed by atoms with Crippen LogP contribution in [-0.4, -0.2) is 31.1 Å². The number of rotatable bonds is 5. The van der Waals surface area contributed by atoms with Crippen molar-refractivity contribution in [3.63, 3.8) is 0 Å². The molecule has 1 spiro atoms. The number of halogens is 1. The van der Waals surface area contributed by atoms with Gasteiger partial charge in [-0.05, 0) is 66.2 Å². The molecular weight excluding hydrogens is 332 g/mol. The number of hydrogen-bond acceptors (Lipinski definition) is 3. The highest BCUT2D eigenvalue weighted by atomic mass is 79.9. The van der Waals surface area contributed by atoms with Gasteiger partial charge in [-0.2, -0.15) is 0 Å². The van der Waals surface area contributed by atoms with Crippen molar-refractivity contribution in [2.45, 2.75) is 45.1 Å². The number of likely N-dealkylation sites (tertiary alicyclic amines) is 1. The van der Waals surface area contributed by atoms with Crippen molar-refractivity contribution in [1.29, 1.82) is 0 Å². The molecule has 1 aliphatic heterocycles. The van der Waals surface area contributed by atoms with E-state index < -0.39 is 0 Å². The van der Waals surface area contributed by atoms with Crippen LogP contribution in [0.15, 0.2) is 15.9 Å². The Morgan fingerprint density at radius 1 is 1.20 bits per heavy atom. The van der Waals surface area contributed by atoms with Gasteiger partial charge in [0.05, 0.1) is 0 Å². The van der Waals surface area contributed by atoms with E-state index in [0.29, 0.717) is 0 Å². The monoisotopic (exact) mass is 356 g/mol. The summed E-state index contributed by atoms with van der Waals surface area (Å²) in [6.07, 6.45) is 8.88. The van der Waals surface area contributed by atoms with E-state index in [-0.39, 0.29) is 0 Å². The molecule has 3 rings (SSSR count). The highest BCUT2D eigenvalue weighted by molar-refractivity contribution is 9.10. The summed E-state index contributed by atoms with van der Waals surface area (Å²) in [6.45, 7) is 5.98. The second-order valence-corrected chi connectivity index (χ2v) is 8.37. The van der Waals surface area contributed by atoms with Crippen molar-refractivity contribution in [2.24, 2.45) is 5.41 Å². The van der Waals surface area contributed by atoms with Crippen LogP contribution in [0.4, 0.5) is 0 Å². The van der Waals surface area contributed by atoms with Crippen LogP contribution in [0.3, 0.4) is 0 Å². The Morgan fingerprint density at radius 2 is 1.95 bits per heavy atom. The fourth-order valence-electron chi connectivity index (χ4n) is 3.77. The minimum Gasteiger partial charge on any atom is -0.311 e. The zero-order valence-corrected chi connectivity index (χ0v) is 14.6. The molecule has 112 valence electrons. The summed E-state index contributed by atoms with van der Waals surface area (Å²) in [6, 6.07) is 2.21. The van der Waals surface area contributed by atoms with Gasteiger partial charge in [0.25, 0.3) is 0 Å². The Balaban J connectivity index is 1.32. The van der Waals surface area contributed by atoms with Crippen LogP contribution < -0.4 is 5.32 Å². The summed E-state index contributed by atoms with van der Waals surface area (Å²) < 4.78 is 1.21. The number of nitrogens with zero attached hydrogens (tertiary/aromatic N) is 1. The maximum Gasteiger partial charge on any atom is 0.0300 e. The van der Waals surface area contributed by atoms with Gasteiger partial charge in [0.2, 0.25) is 0 Å². The lowest BCUT2D eigenvalue weighted by Crippen LogP contribution is -2.41. The van der Waals surface area contributed by atoms with E-state index in [2.05, 4.69) is 37.6 Å². The molecule has 0 atom stereocenters. The molecule has 0 unspecified atom stereocenters. The van der Waals surface area contributed by atoms with Gasteiger partial charge >= 0.3 is 0 Å². The van der Waals surface area contributed by atoms with E-state index in [1.165, 1.54) is 67.5 Å². The predicted octanol–water partition coefficient (Wildman–Crippen LogP) is 4.26. The maximum absolute atomic E-state index is 3.57. The van der Waals surface area contributed by atoms with E-state index >= 15 is 0 Å². The van der Waals surface area contributed by atoms with Gasteiger partial charge in [-0.1, -0.05) is 12.8 Å². The van der Waals surface area contributed by atoms with E-state index in [4.69, 9.17) is 0 Å². The van der Waals surface area contributed by atoms with E-state index in [0.717, 1.165) is 18.5 Å². The third-order valence-corrected chi connectivity index (χ3v) is 6.80. The molecular formula is C16H25BrN2S. The van der Waals surface area contributed by atoms with E-state index in [9.17, 15) is 0 Å². The second kappa shape index (κ2) is 6.91. The lowest BCUT2D eigenvalue weighted by atomic mass is 9.77. The fraction of sp³-hybridized carbons (Fsp3) is 0.750. The van der Waals surface area contributed by atoms with Gasteiger partial charge in [-0.15, -0.1) is 11.3 Å². The summed E-state index contributed by atoms with van der Waals surface area (Å²) in [5.41, 5.74) is 0.757. The van der Waals surface area contributed by atoms with Crippen molar-refractivity contribution >= 4 is 27.3 Å². The van der Waals surface area contributed by atoms with E-state index in [1.54, 1.807) is 0 Å². The van der Waals surface area contributed by atoms with E-state index in [1.807, 2.05) is 11.3 Å². The Kier molecular flexibility index (Phi) is 5.18. The fourth-order valence-corrected chi connectivity index (χ4v) is 5.19. The van der Waals surface area contributed by atoms with Crippen molar-refractivity contribution in [2.75, 3.05) is 26.2 Å². The molecule has 0 radical (unpaired) electrons. The summed E-state index contributed by atoms with van der Waals surface area (Å²) in [4.78, 5) is 4.07. The molecule has 20 heavy (non-hydrogen) atoms. The standard InChI is InChI=1S/C16H25BrN2S/c17-14-11-15(20-13-14)12-18-7-10-19-8-5-16(6-9-19)3-1-2-4-16/h11,13,18H,1-10,12H2. The Hall–Kier alpha value is 0.1000. The van der Waals surface area contributed by atoms with Crippen LogP contribution in [0.2, 0.25) is 0 Å². The molecule has 0 bridgehead atoms. The molecule has 1 aromatic heterocycles. The smallest absolute Gasteiger partial charge is 0.0300 e. The highest BCUT2D eigenvalue weighted by Gasteiger charge is 2.36. The summed E-state index contributed by atoms with van der Waals surface area (Å²) in [5.74, 6) is 0. The molecule has 0 aromatic carbocycles. The molecule has 1 aliphatic carbocycles. The van der Waals surface area contributed by atoms with Gasteiger partial charge in [0, 0.05) is 34.4 Å². The Labute approximate surface area is 135 Å². The topological polar surface area (TPSA) is 15.3 Å². The van der Waals surface area contributed by atoms with Crippen molar-refractivity contribution in [3.05, 3.63) is 20.8 Å². The molecule has 1 saturated heterocycles. The van der Waals surface area contributed by atoms with Crippen LogP contribution in [0.25, 0.3) is 0 Å². The van der Waals surface area contributed by atoms with Gasteiger partial charge in [0.15, 0.2) is 0 Å². The lowest BCUT2D eigenvalue weighted by Gasteiger charge is -2.39. The zero-order chi connectivity index (χ0) is 13.8. The number of hydrogen-bond donors (Lipinski definition) is 1. The van der Waals surface area contributed by atoms with Crippen LogP contribution >= 0.6 is 27.3 Å². The average molecular weight is 357 g/mol. The largest absolute Gasteiger partial charge is 0.311 e. The van der Waals surface area contributed by atoms with Crippen LogP contribution in [0, 0.1) is 5.41 Å². The summed E-state index contributed by atoms with van der Waals surface area (Å²) in [5, 5.41) is 5.73. The average Bonchev–Trinajstić information content (AvgIpc) is 3.07. The Bertz CT molecular complexity index is 416. The Morgan fingerprint density at radius 3 is 2.60 bits per heavy atom. The second-order valence-electron chi connectivity index (χ2n) is 6.46. The number of nitrogens with one attached hydrogen (secondary N) is 1. The van der Waals surface area contributed by atoms with Gasteiger partial charge < -0.3 is 10.2 Å². The van der Waals surface area contributed by atoms with Crippen LogP contribution in [-0.2, 0) is 6.54 Å². The normalized spacial score (nSPS) is 22.6. The molecule has 2 nitrogen and oxygen atoms in total. The van der Waals surface area contributed by atoms with Crippen molar-refractivity contribution in [3.8, 4) is 0 Å². The molecule has 1 saturated carbocycles. The molecule has 1 aromatic rings. The predicted molar refractivity (Wildman–Crippen MR) is 90.3 cm³/mol. The first-order valence-electron chi connectivity index (χ1n) is 7.92. The third kappa shape index (κ3) is 3.85. The first kappa shape index (κ1) is 15.0. The minimum absolute atomic E-state index is 0.757.